The zero-order valence-corrected chi connectivity index (χ0v) is 14.0. The number of hydrogen-bond donors (Lipinski definition) is 1. The third-order valence-corrected chi connectivity index (χ3v) is 4.54. The second kappa shape index (κ2) is 7.42. The van der Waals surface area contributed by atoms with E-state index in [1.165, 1.54) is 18.3 Å². The molecule has 0 spiro atoms. The van der Waals surface area contributed by atoms with Crippen LogP contribution in [0.15, 0.2) is 48.7 Å². The zero-order chi connectivity index (χ0) is 17.8. The lowest BCUT2D eigenvalue weighted by molar-refractivity contribution is -0.130. The highest BCUT2D eigenvalue weighted by molar-refractivity contribution is 5.89. The molecule has 1 aromatic heterocycles. The van der Waals surface area contributed by atoms with Crippen molar-refractivity contribution in [3.63, 3.8) is 0 Å². The predicted octanol–water partition coefficient (Wildman–Crippen LogP) is 2.45. The molecular formula is C19H20FN3O2. The monoisotopic (exact) mass is 341 g/mol. The molecule has 3 rings (SSSR count). The van der Waals surface area contributed by atoms with Gasteiger partial charge >= 0.3 is 0 Å². The van der Waals surface area contributed by atoms with Crippen LogP contribution in [0.5, 0.6) is 0 Å². The molecule has 1 saturated heterocycles. The molecule has 0 bridgehead atoms. The Kier molecular flexibility index (Phi) is 5.07. The molecule has 2 heterocycles. The number of nitrogens with zero attached hydrogens (tertiary/aromatic N) is 2. The van der Waals surface area contributed by atoms with Crippen LogP contribution in [0.1, 0.15) is 30.6 Å². The van der Waals surface area contributed by atoms with Crippen LogP contribution in [0.3, 0.4) is 0 Å². The molecule has 1 fully saturated rings. The molecule has 2 amide bonds. The Labute approximate surface area is 145 Å². The number of carbonyl (C=O) groups excluding carboxylic acids is 2. The number of aromatic nitrogens is 1. The van der Waals surface area contributed by atoms with Gasteiger partial charge in [-0.2, -0.15) is 0 Å². The summed E-state index contributed by atoms with van der Waals surface area (Å²) in [7, 11) is 0. The topological polar surface area (TPSA) is 62.3 Å². The van der Waals surface area contributed by atoms with Crippen LogP contribution in [0, 0.1) is 11.7 Å². The van der Waals surface area contributed by atoms with Crippen LogP contribution in [-0.2, 0) is 16.1 Å². The van der Waals surface area contributed by atoms with E-state index in [1.54, 1.807) is 4.90 Å². The lowest BCUT2D eigenvalue weighted by Crippen LogP contribution is -2.33. The summed E-state index contributed by atoms with van der Waals surface area (Å²) >= 11 is 0. The fourth-order valence-corrected chi connectivity index (χ4v) is 3.06. The van der Waals surface area contributed by atoms with Gasteiger partial charge in [-0.25, -0.2) is 4.39 Å². The molecule has 2 atom stereocenters. The second-order valence-corrected chi connectivity index (χ2v) is 6.18. The van der Waals surface area contributed by atoms with E-state index in [-0.39, 0.29) is 36.5 Å². The number of rotatable bonds is 5. The summed E-state index contributed by atoms with van der Waals surface area (Å²) in [5, 5.41) is 2.68. The van der Waals surface area contributed by atoms with E-state index in [0.717, 1.165) is 5.56 Å². The highest BCUT2D eigenvalue weighted by Gasteiger charge is 2.36. The van der Waals surface area contributed by atoms with Crippen LogP contribution in [-0.4, -0.2) is 28.2 Å². The predicted molar refractivity (Wildman–Crippen MR) is 90.7 cm³/mol. The Hall–Kier alpha value is -2.76. The first-order valence-corrected chi connectivity index (χ1v) is 8.27. The molecule has 5 nitrogen and oxygen atoms in total. The number of halogens is 1. The third-order valence-electron chi connectivity index (χ3n) is 4.54. The quantitative estimate of drug-likeness (QED) is 0.909. The molecule has 2 unspecified atom stereocenters. The molecule has 25 heavy (non-hydrogen) atoms. The van der Waals surface area contributed by atoms with Crippen LogP contribution in [0.4, 0.5) is 4.39 Å². The summed E-state index contributed by atoms with van der Waals surface area (Å²) < 4.78 is 13.6. The van der Waals surface area contributed by atoms with Crippen molar-refractivity contribution in [2.24, 2.45) is 5.92 Å². The van der Waals surface area contributed by atoms with Crippen LogP contribution < -0.4 is 5.32 Å². The van der Waals surface area contributed by atoms with E-state index >= 15 is 0 Å². The number of likely N-dealkylation sites (tertiary alicyclic amines) is 1. The zero-order valence-electron chi connectivity index (χ0n) is 14.0. The third kappa shape index (κ3) is 3.84. The van der Waals surface area contributed by atoms with Gasteiger partial charge < -0.3 is 10.2 Å². The fourth-order valence-electron chi connectivity index (χ4n) is 3.06. The lowest BCUT2D eigenvalue weighted by Gasteiger charge is -2.25. The van der Waals surface area contributed by atoms with Gasteiger partial charge in [0.15, 0.2) is 0 Å². The van der Waals surface area contributed by atoms with Crippen LogP contribution in [0.2, 0.25) is 0 Å². The summed E-state index contributed by atoms with van der Waals surface area (Å²) in [5.41, 5.74) is 1.22. The van der Waals surface area contributed by atoms with E-state index in [1.807, 2.05) is 37.3 Å². The lowest BCUT2D eigenvalue weighted by atomic mass is 10.1. The number of pyridine rings is 1. The minimum Gasteiger partial charge on any atom is -0.350 e. The standard InChI is InChI=1S/C19H20FN3O2/c1-13(14-6-3-2-4-7-14)23-12-15(10-18(23)24)19(25)22-11-17-16(20)8-5-9-21-17/h2-9,13,15H,10-12H2,1H3,(H,22,25). The summed E-state index contributed by atoms with van der Waals surface area (Å²) in [4.78, 5) is 30.3. The number of amides is 2. The maximum atomic E-state index is 13.6. The Morgan fingerprint density at radius 3 is 2.80 bits per heavy atom. The average Bonchev–Trinajstić information content (AvgIpc) is 3.03. The Morgan fingerprint density at radius 2 is 2.08 bits per heavy atom. The molecule has 0 radical (unpaired) electrons. The minimum atomic E-state index is -0.454. The van der Waals surface area contributed by atoms with Gasteiger partial charge in [0.25, 0.3) is 0 Å². The van der Waals surface area contributed by atoms with E-state index in [0.29, 0.717) is 6.54 Å². The maximum Gasteiger partial charge on any atom is 0.225 e. The Morgan fingerprint density at radius 1 is 1.32 bits per heavy atom. The van der Waals surface area contributed by atoms with Gasteiger partial charge in [0.05, 0.1) is 24.2 Å². The molecule has 130 valence electrons. The minimum absolute atomic E-state index is 0.0183. The van der Waals surface area contributed by atoms with Gasteiger partial charge in [0.2, 0.25) is 11.8 Å². The largest absolute Gasteiger partial charge is 0.350 e. The first kappa shape index (κ1) is 17.1. The van der Waals surface area contributed by atoms with Crippen molar-refractivity contribution in [3.05, 3.63) is 65.7 Å². The summed E-state index contributed by atoms with van der Waals surface area (Å²) in [6.07, 6.45) is 1.65. The van der Waals surface area contributed by atoms with Crippen molar-refractivity contribution in [2.45, 2.75) is 25.9 Å². The fraction of sp³-hybridized carbons (Fsp3) is 0.316. The molecule has 6 heteroatoms. The molecule has 1 aliphatic rings. The van der Waals surface area contributed by atoms with Crippen molar-refractivity contribution in [1.29, 1.82) is 0 Å². The average molecular weight is 341 g/mol. The smallest absolute Gasteiger partial charge is 0.225 e. The summed E-state index contributed by atoms with van der Waals surface area (Å²) in [6.45, 7) is 2.34. The van der Waals surface area contributed by atoms with Crippen molar-refractivity contribution in [1.82, 2.24) is 15.2 Å². The van der Waals surface area contributed by atoms with E-state index in [9.17, 15) is 14.0 Å². The van der Waals surface area contributed by atoms with Crippen molar-refractivity contribution in [2.75, 3.05) is 6.54 Å². The highest BCUT2D eigenvalue weighted by atomic mass is 19.1. The molecule has 1 N–H and O–H groups in total. The normalized spacial score (nSPS) is 18.2. The van der Waals surface area contributed by atoms with Gasteiger partial charge in [-0.15, -0.1) is 0 Å². The number of benzene rings is 1. The van der Waals surface area contributed by atoms with Crippen LogP contribution >= 0.6 is 0 Å². The first-order valence-electron chi connectivity index (χ1n) is 8.27. The molecular weight excluding hydrogens is 321 g/mol. The van der Waals surface area contributed by atoms with Gasteiger partial charge in [0.1, 0.15) is 5.82 Å². The van der Waals surface area contributed by atoms with Crippen molar-refractivity contribution < 1.29 is 14.0 Å². The number of nitrogens with one attached hydrogen (secondary N) is 1. The van der Waals surface area contributed by atoms with Crippen molar-refractivity contribution in [3.8, 4) is 0 Å². The van der Waals surface area contributed by atoms with E-state index < -0.39 is 11.7 Å². The van der Waals surface area contributed by atoms with Gasteiger partial charge in [-0.3, -0.25) is 14.6 Å². The SMILES string of the molecule is CC(c1ccccc1)N1CC(C(=O)NCc2ncccc2F)CC1=O. The second-order valence-electron chi connectivity index (χ2n) is 6.18. The van der Waals surface area contributed by atoms with E-state index in [2.05, 4.69) is 10.3 Å². The summed E-state index contributed by atoms with van der Waals surface area (Å²) in [5.74, 6) is -1.17. The molecule has 1 aromatic carbocycles. The molecule has 0 aliphatic carbocycles. The van der Waals surface area contributed by atoms with E-state index in [4.69, 9.17) is 0 Å². The van der Waals surface area contributed by atoms with Crippen LogP contribution in [0.25, 0.3) is 0 Å². The maximum absolute atomic E-state index is 13.6. The Balaban J connectivity index is 1.60. The molecule has 1 aliphatic heterocycles. The number of hydrogen-bond acceptors (Lipinski definition) is 3. The van der Waals surface area contributed by atoms with Gasteiger partial charge in [-0.1, -0.05) is 30.3 Å². The molecule has 0 saturated carbocycles. The van der Waals surface area contributed by atoms with Crippen molar-refractivity contribution >= 4 is 11.8 Å². The Bertz CT molecular complexity index is 766. The van der Waals surface area contributed by atoms with Gasteiger partial charge in [-0.05, 0) is 24.6 Å². The highest BCUT2D eigenvalue weighted by Crippen LogP contribution is 2.28. The number of carbonyl (C=O) groups is 2. The van der Waals surface area contributed by atoms with Gasteiger partial charge in [0, 0.05) is 19.2 Å². The molecule has 2 aromatic rings. The summed E-state index contributed by atoms with van der Waals surface area (Å²) in [6, 6.07) is 12.4. The first-order chi connectivity index (χ1) is 12.1.